The van der Waals surface area contributed by atoms with E-state index in [4.69, 9.17) is 57.4 Å². The fraction of sp³-hybridized carbons (Fsp3) is 0.568. The number of aromatic nitrogens is 1. The Morgan fingerprint density at radius 2 is 1.33 bits per heavy atom. The molecule has 1 aliphatic carbocycles. The Balaban J connectivity index is 0.644. The normalized spacial score (nSPS) is 17.9. The summed E-state index contributed by atoms with van der Waals surface area (Å²) in [6, 6.07) is 18.5. The van der Waals surface area contributed by atoms with Gasteiger partial charge in [0.05, 0.1) is 117 Å². The van der Waals surface area contributed by atoms with Crippen molar-refractivity contribution in [3.8, 4) is 16.2 Å². The Morgan fingerprint density at radius 1 is 0.748 bits per heavy atom. The van der Waals surface area contributed by atoms with E-state index in [1.807, 2.05) is 67.6 Å². The number of aliphatic hydroxyl groups excluding tert-OH is 1. The molecule has 3 aliphatic heterocycles. The molecule has 35 heteroatoms. The molecule has 0 unspecified atom stereocenters. The lowest BCUT2D eigenvalue weighted by Crippen LogP contribution is -2.59. The van der Waals surface area contributed by atoms with Crippen LogP contribution in [0.15, 0.2) is 96.5 Å². The molecule has 0 spiro atoms. The van der Waals surface area contributed by atoms with E-state index in [1.165, 1.54) is 80.9 Å². The number of ether oxygens (including phenoxy) is 9. The number of esters is 2. The molecule has 1 saturated carbocycles. The number of para-hydroxylation sites is 1. The van der Waals surface area contributed by atoms with Gasteiger partial charge in [0.1, 0.15) is 36.5 Å². The summed E-state index contributed by atoms with van der Waals surface area (Å²) >= 11 is 1.49. The first-order chi connectivity index (χ1) is 58.2. The number of nitrogens with zero attached hydrogens (tertiary/aromatic N) is 3. The zero-order valence-corrected chi connectivity index (χ0v) is 73.8. The van der Waals surface area contributed by atoms with E-state index in [0.29, 0.717) is 82.9 Å². The largest absolute Gasteiger partial charge is 0.491 e. The molecule has 2 fully saturated rings. The second-order valence-corrected chi connectivity index (χ2v) is 37.1. The van der Waals surface area contributed by atoms with Gasteiger partial charge in [-0.2, -0.15) is 8.78 Å². The highest BCUT2D eigenvalue weighted by Crippen LogP contribution is 2.67. The van der Waals surface area contributed by atoms with Crippen molar-refractivity contribution in [2.45, 2.75) is 214 Å². The van der Waals surface area contributed by atoms with E-state index >= 15 is 8.78 Å². The molecule has 0 bridgehead atoms. The number of thiazole rings is 1. The number of amides is 7. The van der Waals surface area contributed by atoms with Gasteiger partial charge in [-0.05, 0) is 158 Å². The number of hydrogen-bond acceptors (Lipinski definition) is 24. The molecule has 4 aliphatic rings. The predicted octanol–water partition coefficient (Wildman–Crippen LogP) is 10.3. The molecule has 1 aromatic heterocycles. The fourth-order valence-corrected chi connectivity index (χ4v) is 15.8. The summed E-state index contributed by atoms with van der Waals surface area (Å²) < 4.78 is 122. The van der Waals surface area contributed by atoms with Gasteiger partial charge in [-0.15, -0.1) is 11.3 Å². The number of aryl methyl sites for hydroxylation is 3. The molecule has 5 aromatic rings. The molecule has 674 valence electrons. The van der Waals surface area contributed by atoms with E-state index < -0.39 is 150 Å². The lowest BCUT2D eigenvalue weighted by atomic mass is 9.85. The van der Waals surface area contributed by atoms with Crippen molar-refractivity contribution in [2.24, 2.45) is 22.0 Å². The minimum atomic E-state index is -5.62. The number of halogens is 3. The van der Waals surface area contributed by atoms with Gasteiger partial charge in [-0.3, -0.25) is 61.7 Å². The molecular weight excluding hydrogens is 1640 g/mol. The number of nitrogens with two attached hydrogens (primary N) is 1. The summed E-state index contributed by atoms with van der Waals surface area (Å²) in [7, 11) is -5.62. The zero-order valence-electron chi connectivity index (χ0n) is 72.1. The third kappa shape index (κ3) is 27.7. The van der Waals surface area contributed by atoms with Gasteiger partial charge in [-0.1, -0.05) is 99.6 Å². The minimum Gasteiger partial charge on any atom is -0.491 e. The number of carbonyl (C=O) groups is 9. The average molecular weight is 1760 g/mol. The molecule has 4 aromatic carbocycles. The van der Waals surface area contributed by atoms with E-state index in [-0.39, 0.29) is 89.0 Å². The molecule has 0 radical (unpaired) electrons. The Kier molecular flexibility index (Phi) is 35.1. The van der Waals surface area contributed by atoms with Gasteiger partial charge in [-0.25, -0.2) is 9.37 Å². The van der Waals surface area contributed by atoms with Gasteiger partial charge >= 0.3 is 25.2 Å². The third-order valence-corrected chi connectivity index (χ3v) is 24.0. The predicted molar refractivity (Wildman–Crippen MR) is 450 cm³/mol. The topological polar surface area (TPSA) is 386 Å². The summed E-state index contributed by atoms with van der Waals surface area (Å²) in [5.41, 5.74) is 4.25. The number of carbonyl (C=O) groups excluding carboxylic acids is 9. The van der Waals surface area contributed by atoms with Gasteiger partial charge in [0.25, 0.3) is 5.91 Å². The minimum absolute atomic E-state index is 0.0109. The smallest absolute Gasteiger partial charge is 0.410 e. The standard InChI is InChI=1S/C88H118F3N8O22PS/c1-55(60-24-27-65(28-25-60)88(90,91)122(110,120-53-118-82(108)85(7,8)9)121-54-119-83(109)86(10,11)12)45-73(102)95-68-29-26-61-16-13-17-62-46-70(99(74(61)62)79(68)105)78(104)96-67(30-31-72(92)101)57(3)117-51-59-20-18-58(19-21-59)15-14-34-111-35-36-112-37-38-113-39-40-114-41-42-115-43-44-116-71-47-63(75-56(2)94-52-123-75)22-23-64(71)49-93-77(103)69-48-66(100)50-98(69)80(106)76(84(4,5)6)97-81(107)87(89)32-33-87/h13,16-25,27-28,45,47,52,57,66-70,76,100H,14-15,26,29-44,46,48-51,53-54H2,1-12H3,(H2,92,101)(H,93,103)(H,95,102)(H,96,104)(H,97,107)/b55-45+/t57-,66-,67+,68+,69+,70+,76-/m1/s1. The van der Waals surface area contributed by atoms with Crippen LogP contribution in [-0.4, -0.2) is 209 Å². The van der Waals surface area contributed by atoms with Crippen LogP contribution in [-0.2, 0) is 133 Å². The molecule has 30 nitrogen and oxygen atoms in total. The number of anilines is 1. The van der Waals surface area contributed by atoms with Crippen LogP contribution in [0.25, 0.3) is 16.0 Å². The SMILES string of the molecule is C/C(=C\C(=O)N[C@H]1CCc2cccc3c2N(C1=O)[C@H](C(=O)N[C@@H](CCC(N)=O)[C@@H](C)OCc1ccc(CCCOCCOCCOCCOCCOCCOc2cc(-c4scnc4C)ccc2CNC(=O)[C@@H]2C[C@@H](O)CN2C(=O)[C@@H](NC(=O)C2(F)CC2)C(C)(C)C)cc1)C3)c1ccc(C(F)(F)P(=O)(OCOC(=O)C(C)(C)C)OCOC(=O)C(C)(C)C)cc1. The lowest BCUT2D eigenvalue weighted by Gasteiger charge is -2.35. The number of primary amides is 1. The molecule has 1 saturated heterocycles. The number of benzene rings is 4. The fourth-order valence-electron chi connectivity index (χ4n) is 13.8. The van der Waals surface area contributed by atoms with E-state index in [1.54, 1.807) is 40.1 Å². The highest BCUT2D eigenvalue weighted by atomic mass is 32.1. The molecular formula is C88H118F3N8O22PS. The Morgan fingerprint density at radius 3 is 1.90 bits per heavy atom. The summed E-state index contributed by atoms with van der Waals surface area (Å²) in [4.78, 5) is 129. The maximum absolute atomic E-state index is 16.3. The van der Waals surface area contributed by atoms with Crippen LogP contribution in [0.2, 0.25) is 0 Å². The maximum atomic E-state index is 16.3. The first kappa shape index (κ1) is 97.7. The highest BCUT2D eigenvalue weighted by Gasteiger charge is 2.57. The number of nitrogens with one attached hydrogen (secondary N) is 4. The van der Waals surface area contributed by atoms with Crippen molar-refractivity contribution in [3.63, 3.8) is 0 Å². The van der Waals surface area contributed by atoms with E-state index in [0.717, 1.165) is 63.4 Å². The van der Waals surface area contributed by atoms with Crippen molar-refractivity contribution in [1.82, 2.24) is 31.2 Å². The number of rotatable bonds is 47. The number of hydrogen-bond donors (Lipinski definition) is 6. The summed E-state index contributed by atoms with van der Waals surface area (Å²) in [5.74, 6) is -5.42. The lowest BCUT2D eigenvalue weighted by molar-refractivity contribution is -0.163. The van der Waals surface area contributed by atoms with Crippen LogP contribution in [0, 0.1) is 23.2 Å². The molecule has 4 heterocycles. The summed E-state index contributed by atoms with van der Waals surface area (Å²) in [6.45, 7) is 21.1. The first-order valence-electron chi connectivity index (χ1n) is 41.4. The van der Waals surface area contributed by atoms with Crippen LogP contribution in [0.5, 0.6) is 5.75 Å². The first-order valence-corrected chi connectivity index (χ1v) is 43.8. The van der Waals surface area contributed by atoms with Gasteiger partial charge in [0, 0.05) is 56.2 Å². The number of alkyl halides is 3. The van der Waals surface area contributed by atoms with Crippen LogP contribution >= 0.6 is 18.9 Å². The van der Waals surface area contributed by atoms with Gasteiger partial charge < -0.3 is 79.6 Å². The number of likely N-dealkylation sites (tertiary alicyclic amines) is 1. The highest BCUT2D eigenvalue weighted by molar-refractivity contribution is 7.54. The van der Waals surface area contributed by atoms with Crippen LogP contribution in [0.4, 0.5) is 18.9 Å². The number of allylic oxidation sites excluding steroid dienone is 1. The monoisotopic (exact) mass is 1760 g/mol. The molecule has 123 heavy (non-hydrogen) atoms. The maximum Gasteiger partial charge on any atom is 0.410 e. The van der Waals surface area contributed by atoms with Gasteiger partial charge in [0.2, 0.25) is 49.0 Å². The Bertz CT molecular complexity index is 4510. The van der Waals surface area contributed by atoms with E-state index in [2.05, 4.69) is 26.3 Å². The summed E-state index contributed by atoms with van der Waals surface area (Å²) in [5, 5.41) is 22.0. The molecule has 7 N–H and O–H groups in total. The van der Waals surface area contributed by atoms with Crippen LogP contribution in [0.1, 0.15) is 166 Å². The second kappa shape index (κ2) is 44.2. The molecule has 7 atom stereocenters. The van der Waals surface area contributed by atoms with Crippen molar-refractivity contribution in [1.29, 1.82) is 0 Å². The van der Waals surface area contributed by atoms with Crippen LogP contribution in [0.3, 0.4) is 0 Å². The van der Waals surface area contributed by atoms with Crippen molar-refractivity contribution >= 4 is 83.5 Å². The Labute approximate surface area is 720 Å². The van der Waals surface area contributed by atoms with Crippen LogP contribution < -0.4 is 36.6 Å². The van der Waals surface area contributed by atoms with Gasteiger partial charge in [0.15, 0.2) is 5.67 Å². The van der Waals surface area contributed by atoms with Crippen molar-refractivity contribution < 1.29 is 118 Å². The van der Waals surface area contributed by atoms with Crippen molar-refractivity contribution in [2.75, 3.05) is 97.7 Å². The average Bonchev–Trinajstić information content (AvgIpc) is 1.49. The zero-order chi connectivity index (χ0) is 89.6. The summed E-state index contributed by atoms with van der Waals surface area (Å²) in [6.07, 6.45) is 2.04. The number of β-amino-alcohol motifs (C(OH)–C–C–N with tert-alkyl or cyclic N) is 1. The van der Waals surface area contributed by atoms with Crippen molar-refractivity contribution in [3.05, 3.63) is 141 Å². The molecule has 9 rings (SSSR count). The third-order valence-electron chi connectivity index (χ3n) is 21.2. The molecule has 7 amide bonds. The quantitative estimate of drug-likeness (QED) is 0.00693. The second-order valence-electron chi connectivity index (χ2n) is 34.2. The Hall–Kier alpha value is -9.06. The number of aliphatic hydroxyl groups is 1. The van der Waals surface area contributed by atoms with E-state index in [9.17, 15) is 57.2 Å².